The molecule has 0 spiro atoms. The molecule has 0 saturated heterocycles. The van der Waals surface area contributed by atoms with Gasteiger partial charge in [-0.05, 0) is 30.2 Å². The number of nitrogens with one attached hydrogen (secondary N) is 3. The highest BCUT2D eigenvalue weighted by Gasteiger charge is 2.27. The Balaban J connectivity index is 1.89. The smallest absolute Gasteiger partial charge is 0.269 e. The maximum atomic E-state index is 13.8. The lowest BCUT2D eigenvalue weighted by Gasteiger charge is -2.22. The minimum Gasteiger partial charge on any atom is -0.383 e. The van der Waals surface area contributed by atoms with Crippen LogP contribution in [-0.4, -0.2) is 35.9 Å². The standard InChI is InChI=1S/C20H22F2N4O4/c1-12(2)18(25-19(27)17-15(21)4-3-5-16(17)22)20(28)24-11-10-23-13-6-8-14(9-7-13)26(29)30/h3-9,12,18,23H,10-11H2,1-2H3,(H,24,28)(H,25,27)/t18-/m0/s1. The quantitative estimate of drug-likeness (QED) is 0.328. The maximum absolute atomic E-state index is 13.8. The van der Waals surface area contributed by atoms with Gasteiger partial charge >= 0.3 is 0 Å². The number of hydrogen-bond acceptors (Lipinski definition) is 5. The molecule has 8 nitrogen and oxygen atoms in total. The highest BCUT2D eigenvalue weighted by Crippen LogP contribution is 2.15. The lowest BCUT2D eigenvalue weighted by atomic mass is 10.0. The number of carbonyl (C=O) groups is 2. The summed E-state index contributed by atoms with van der Waals surface area (Å²) in [4.78, 5) is 34.8. The maximum Gasteiger partial charge on any atom is 0.269 e. The lowest BCUT2D eigenvalue weighted by Crippen LogP contribution is -2.50. The molecule has 0 unspecified atom stereocenters. The van der Waals surface area contributed by atoms with Crippen LogP contribution >= 0.6 is 0 Å². The number of benzene rings is 2. The fourth-order valence-electron chi connectivity index (χ4n) is 2.67. The summed E-state index contributed by atoms with van der Waals surface area (Å²) in [5.41, 5.74) is -0.134. The molecule has 2 aromatic rings. The van der Waals surface area contributed by atoms with Crippen LogP contribution < -0.4 is 16.0 Å². The lowest BCUT2D eigenvalue weighted by molar-refractivity contribution is -0.384. The molecule has 0 aromatic heterocycles. The first-order chi connectivity index (χ1) is 14.2. The van der Waals surface area contributed by atoms with Crippen molar-refractivity contribution < 1.29 is 23.3 Å². The molecule has 3 N–H and O–H groups in total. The van der Waals surface area contributed by atoms with Gasteiger partial charge in [-0.15, -0.1) is 0 Å². The van der Waals surface area contributed by atoms with Crippen molar-refractivity contribution >= 4 is 23.2 Å². The molecule has 0 saturated carbocycles. The molecule has 0 aliphatic rings. The summed E-state index contributed by atoms with van der Waals surface area (Å²) in [6.07, 6.45) is 0. The molecule has 0 fully saturated rings. The van der Waals surface area contributed by atoms with Gasteiger partial charge in [-0.2, -0.15) is 0 Å². The van der Waals surface area contributed by atoms with E-state index in [0.717, 1.165) is 18.2 Å². The summed E-state index contributed by atoms with van der Waals surface area (Å²) < 4.78 is 27.6. The third-order valence-electron chi connectivity index (χ3n) is 4.26. The van der Waals surface area contributed by atoms with Crippen molar-refractivity contribution in [3.63, 3.8) is 0 Å². The first kappa shape index (κ1) is 22.7. The number of nitro groups is 1. The third-order valence-corrected chi connectivity index (χ3v) is 4.26. The van der Waals surface area contributed by atoms with E-state index < -0.39 is 40.0 Å². The number of nitrogens with zero attached hydrogens (tertiary/aromatic N) is 1. The summed E-state index contributed by atoms with van der Waals surface area (Å²) in [7, 11) is 0. The zero-order valence-corrected chi connectivity index (χ0v) is 16.4. The molecule has 160 valence electrons. The number of hydrogen-bond donors (Lipinski definition) is 3. The molecule has 30 heavy (non-hydrogen) atoms. The van der Waals surface area contributed by atoms with E-state index in [-0.39, 0.29) is 18.2 Å². The number of carbonyl (C=O) groups excluding carboxylic acids is 2. The Morgan fingerprint density at radius 2 is 1.63 bits per heavy atom. The Hall–Kier alpha value is -3.56. The van der Waals surface area contributed by atoms with Gasteiger partial charge in [0.25, 0.3) is 11.6 Å². The molecule has 0 bridgehead atoms. The average molecular weight is 420 g/mol. The number of halogens is 2. The molecule has 2 aromatic carbocycles. The van der Waals surface area contributed by atoms with Crippen molar-refractivity contribution in [2.24, 2.45) is 5.92 Å². The molecule has 0 aliphatic heterocycles. The van der Waals surface area contributed by atoms with E-state index in [4.69, 9.17) is 0 Å². The summed E-state index contributed by atoms with van der Waals surface area (Å²) >= 11 is 0. The molecule has 10 heteroatoms. The van der Waals surface area contributed by atoms with Crippen LogP contribution in [0.1, 0.15) is 24.2 Å². The van der Waals surface area contributed by atoms with Gasteiger partial charge < -0.3 is 16.0 Å². The summed E-state index contributed by atoms with van der Waals surface area (Å²) in [5, 5.41) is 18.6. The van der Waals surface area contributed by atoms with E-state index in [0.29, 0.717) is 12.2 Å². The van der Waals surface area contributed by atoms with E-state index in [1.165, 1.54) is 12.1 Å². The second-order valence-electron chi connectivity index (χ2n) is 6.81. The van der Waals surface area contributed by atoms with Crippen LogP contribution in [0.3, 0.4) is 0 Å². The second kappa shape index (κ2) is 10.3. The fourth-order valence-corrected chi connectivity index (χ4v) is 2.67. The highest BCUT2D eigenvalue weighted by atomic mass is 19.1. The van der Waals surface area contributed by atoms with Gasteiger partial charge in [0.15, 0.2) is 0 Å². The summed E-state index contributed by atoms with van der Waals surface area (Å²) in [6, 6.07) is 7.88. The molecule has 0 aliphatic carbocycles. The van der Waals surface area contributed by atoms with E-state index in [1.54, 1.807) is 26.0 Å². The van der Waals surface area contributed by atoms with E-state index in [2.05, 4.69) is 16.0 Å². The predicted molar refractivity (Wildman–Crippen MR) is 107 cm³/mol. The molecule has 0 heterocycles. The molecular formula is C20H22F2N4O4. The monoisotopic (exact) mass is 420 g/mol. The van der Waals surface area contributed by atoms with Crippen molar-refractivity contribution in [2.75, 3.05) is 18.4 Å². The fraction of sp³-hybridized carbons (Fsp3) is 0.300. The van der Waals surface area contributed by atoms with Crippen LogP contribution in [0.4, 0.5) is 20.2 Å². The van der Waals surface area contributed by atoms with Gasteiger partial charge in [0.05, 0.1) is 4.92 Å². The summed E-state index contributed by atoms with van der Waals surface area (Å²) in [5.74, 6) is -3.86. The Labute approximate surface area is 171 Å². The van der Waals surface area contributed by atoms with Gasteiger partial charge in [-0.3, -0.25) is 19.7 Å². The predicted octanol–water partition coefficient (Wildman–Crippen LogP) is 2.86. The van der Waals surface area contributed by atoms with Crippen LogP contribution in [0.15, 0.2) is 42.5 Å². The Bertz CT molecular complexity index is 899. The van der Waals surface area contributed by atoms with Crippen molar-refractivity contribution in [3.8, 4) is 0 Å². The second-order valence-corrected chi connectivity index (χ2v) is 6.81. The van der Waals surface area contributed by atoms with Gasteiger partial charge in [-0.25, -0.2) is 8.78 Å². The zero-order chi connectivity index (χ0) is 22.3. The number of nitro benzene ring substituents is 1. The highest BCUT2D eigenvalue weighted by molar-refractivity contribution is 5.98. The number of amides is 2. The first-order valence-corrected chi connectivity index (χ1v) is 9.21. The Morgan fingerprint density at radius 3 is 2.17 bits per heavy atom. The van der Waals surface area contributed by atoms with Gasteiger partial charge in [0, 0.05) is 30.9 Å². The number of rotatable bonds is 9. The molecule has 2 amide bonds. The zero-order valence-electron chi connectivity index (χ0n) is 16.4. The average Bonchev–Trinajstić information content (AvgIpc) is 2.69. The van der Waals surface area contributed by atoms with Crippen molar-refractivity contribution in [1.29, 1.82) is 0 Å². The van der Waals surface area contributed by atoms with Crippen molar-refractivity contribution in [2.45, 2.75) is 19.9 Å². The Kier molecular flexibility index (Phi) is 7.79. The largest absolute Gasteiger partial charge is 0.383 e. The van der Waals surface area contributed by atoms with E-state index in [1.807, 2.05) is 0 Å². The van der Waals surface area contributed by atoms with E-state index in [9.17, 15) is 28.5 Å². The molecule has 0 radical (unpaired) electrons. The van der Waals surface area contributed by atoms with E-state index >= 15 is 0 Å². The molecule has 1 atom stereocenters. The van der Waals surface area contributed by atoms with Crippen molar-refractivity contribution in [3.05, 3.63) is 69.8 Å². The van der Waals surface area contributed by atoms with Crippen LogP contribution in [0, 0.1) is 27.7 Å². The minimum atomic E-state index is -1.01. The molecular weight excluding hydrogens is 398 g/mol. The van der Waals surface area contributed by atoms with Gasteiger partial charge in [0.2, 0.25) is 5.91 Å². The van der Waals surface area contributed by atoms with Crippen LogP contribution in [0.5, 0.6) is 0 Å². The first-order valence-electron chi connectivity index (χ1n) is 9.21. The Morgan fingerprint density at radius 1 is 1.03 bits per heavy atom. The molecule has 2 rings (SSSR count). The van der Waals surface area contributed by atoms with Crippen LogP contribution in [0.25, 0.3) is 0 Å². The topological polar surface area (TPSA) is 113 Å². The number of anilines is 1. The van der Waals surface area contributed by atoms with Crippen LogP contribution in [-0.2, 0) is 4.79 Å². The SMILES string of the molecule is CC(C)[C@H](NC(=O)c1c(F)cccc1F)C(=O)NCCNc1ccc([N+](=O)[O-])cc1. The number of non-ortho nitro benzene ring substituents is 1. The third kappa shape index (κ3) is 5.97. The minimum absolute atomic E-state index is 0.0318. The van der Waals surface area contributed by atoms with Crippen molar-refractivity contribution in [1.82, 2.24) is 10.6 Å². The normalized spacial score (nSPS) is 11.6. The van der Waals surface area contributed by atoms with Gasteiger partial charge in [0.1, 0.15) is 23.2 Å². The van der Waals surface area contributed by atoms with Gasteiger partial charge in [-0.1, -0.05) is 19.9 Å². The summed E-state index contributed by atoms with van der Waals surface area (Å²) in [6.45, 7) is 3.90. The van der Waals surface area contributed by atoms with Crippen LogP contribution in [0.2, 0.25) is 0 Å².